The third kappa shape index (κ3) is 2.73. The van der Waals surface area contributed by atoms with Crippen molar-refractivity contribution in [3.05, 3.63) is 60.2 Å². The second-order valence-electron chi connectivity index (χ2n) is 10.8. The van der Waals surface area contributed by atoms with E-state index in [0.29, 0.717) is 6.54 Å². The number of carbonyl (C=O) groups is 4. The van der Waals surface area contributed by atoms with Gasteiger partial charge in [-0.3, -0.25) is 33.9 Å². The fourth-order valence-corrected chi connectivity index (χ4v) is 7.59. The summed E-state index contributed by atoms with van der Waals surface area (Å²) in [4.78, 5) is 57.8. The van der Waals surface area contributed by atoms with Crippen LogP contribution in [0.5, 0.6) is 0 Å². The van der Waals surface area contributed by atoms with E-state index in [4.69, 9.17) is 0 Å². The van der Waals surface area contributed by atoms with E-state index < -0.39 is 0 Å². The van der Waals surface area contributed by atoms with Gasteiger partial charge in [0.15, 0.2) is 0 Å². The molecule has 34 heavy (non-hydrogen) atoms. The maximum Gasteiger partial charge on any atom is 0.234 e. The van der Waals surface area contributed by atoms with Gasteiger partial charge in [-0.25, -0.2) is 0 Å². The average Bonchev–Trinajstić information content (AvgIpc) is 3.68. The minimum atomic E-state index is -0.253. The molecule has 0 spiro atoms. The number of nitrogens with zero attached hydrogens (tertiary/aromatic N) is 3. The molecular weight excluding hydrogens is 430 g/mol. The molecule has 1 aromatic carbocycles. The highest BCUT2D eigenvalue weighted by Crippen LogP contribution is 2.53. The molecule has 0 aromatic heterocycles. The topological polar surface area (TPSA) is 78.0 Å². The number of benzene rings is 1. The van der Waals surface area contributed by atoms with Crippen molar-refractivity contribution < 1.29 is 19.2 Å². The van der Waals surface area contributed by atoms with Crippen LogP contribution in [0.1, 0.15) is 18.4 Å². The fourth-order valence-electron chi connectivity index (χ4n) is 7.59. The van der Waals surface area contributed by atoms with Gasteiger partial charge in [0, 0.05) is 6.54 Å². The number of hydrogen-bond donors (Lipinski definition) is 0. The maximum atomic E-state index is 13.3. The third-order valence-corrected chi connectivity index (χ3v) is 9.06. The molecule has 2 aliphatic heterocycles. The molecule has 7 rings (SSSR count). The SMILES string of the molecule is O=C1[C@@H]2[C@@H](C(=O)N1CN(Cc1ccccc1)CN1C(=O)[C@@H]3[C@H](C1=O)[C@H]1C=C[C@H]3C1)[C@H]1C=C[C@@H]2C1. The van der Waals surface area contributed by atoms with E-state index in [1.54, 1.807) is 0 Å². The third-order valence-electron chi connectivity index (χ3n) is 9.06. The highest BCUT2D eigenvalue weighted by Gasteiger charge is 2.61. The van der Waals surface area contributed by atoms with Crippen molar-refractivity contribution in [1.29, 1.82) is 0 Å². The van der Waals surface area contributed by atoms with E-state index in [-0.39, 0.29) is 84.3 Å². The lowest BCUT2D eigenvalue weighted by Gasteiger charge is -2.31. The second-order valence-corrected chi connectivity index (χ2v) is 10.8. The molecule has 2 heterocycles. The fraction of sp³-hybridized carbons (Fsp3) is 0.481. The van der Waals surface area contributed by atoms with E-state index in [2.05, 4.69) is 24.3 Å². The van der Waals surface area contributed by atoms with Crippen molar-refractivity contribution >= 4 is 23.6 Å². The first kappa shape index (κ1) is 20.3. The van der Waals surface area contributed by atoms with Crippen LogP contribution < -0.4 is 0 Å². The van der Waals surface area contributed by atoms with Gasteiger partial charge in [0.2, 0.25) is 23.6 Å². The first-order valence-electron chi connectivity index (χ1n) is 12.3. The van der Waals surface area contributed by atoms with Gasteiger partial charge in [-0.2, -0.15) is 0 Å². The van der Waals surface area contributed by atoms with Crippen LogP contribution in [0.2, 0.25) is 0 Å². The van der Waals surface area contributed by atoms with Gasteiger partial charge in [-0.1, -0.05) is 54.6 Å². The number of rotatable bonds is 6. The number of allylic oxidation sites excluding steroid dienone is 4. The summed E-state index contributed by atoms with van der Waals surface area (Å²) in [6.07, 6.45) is 10.1. The summed E-state index contributed by atoms with van der Waals surface area (Å²) in [5, 5.41) is 0. The number of imide groups is 2. The van der Waals surface area contributed by atoms with Crippen LogP contribution in [-0.4, -0.2) is 51.7 Å². The summed E-state index contributed by atoms with van der Waals surface area (Å²) in [6, 6.07) is 9.77. The Labute approximate surface area is 198 Å². The number of hydrogen-bond acceptors (Lipinski definition) is 5. The van der Waals surface area contributed by atoms with Crippen LogP contribution in [0.15, 0.2) is 54.6 Å². The summed E-state index contributed by atoms with van der Waals surface area (Å²) < 4.78 is 0. The molecule has 2 saturated heterocycles. The lowest BCUT2D eigenvalue weighted by molar-refractivity contribution is -0.146. The zero-order valence-electron chi connectivity index (χ0n) is 18.8. The molecule has 8 atom stereocenters. The molecule has 0 N–H and O–H groups in total. The van der Waals surface area contributed by atoms with Crippen LogP contribution >= 0.6 is 0 Å². The van der Waals surface area contributed by atoms with E-state index in [9.17, 15) is 19.2 Å². The van der Waals surface area contributed by atoms with Crippen LogP contribution in [0, 0.1) is 47.3 Å². The van der Waals surface area contributed by atoms with E-state index in [1.807, 2.05) is 35.2 Å². The zero-order valence-corrected chi connectivity index (χ0v) is 18.8. The predicted molar refractivity (Wildman–Crippen MR) is 121 cm³/mol. The number of likely N-dealkylation sites (tertiary alicyclic amines) is 2. The van der Waals surface area contributed by atoms with Crippen molar-refractivity contribution in [2.75, 3.05) is 13.3 Å². The zero-order chi connectivity index (χ0) is 23.1. The highest BCUT2D eigenvalue weighted by atomic mass is 16.2. The summed E-state index contributed by atoms with van der Waals surface area (Å²) in [5.41, 5.74) is 1.00. The molecule has 4 amide bonds. The van der Waals surface area contributed by atoms with Crippen molar-refractivity contribution in [3.8, 4) is 0 Å². The number of carbonyl (C=O) groups excluding carboxylic acids is 4. The van der Waals surface area contributed by atoms with E-state index >= 15 is 0 Å². The summed E-state index contributed by atoms with van der Waals surface area (Å²) in [5.74, 6) is -0.821. The smallest absolute Gasteiger partial charge is 0.234 e. The minimum absolute atomic E-state index is 0.0938. The minimum Gasteiger partial charge on any atom is -0.274 e. The van der Waals surface area contributed by atoms with Crippen molar-refractivity contribution in [2.45, 2.75) is 19.4 Å². The Morgan fingerprint density at radius 3 is 1.38 bits per heavy atom. The molecule has 1 aromatic rings. The lowest BCUT2D eigenvalue weighted by atomic mass is 9.85. The normalized spacial score (nSPS) is 38.9. The molecule has 7 heteroatoms. The van der Waals surface area contributed by atoms with Crippen molar-refractivity contribution in [1.82, 2.24) is 14.7 Å². The Morgan fingerprint density at radius 2 is 1.00 bits per heavy atom. The largest absolute Gasteiger partial charge is 0.274 e. The van der Waals surface area contributed by atoms with Gasteiger partial charge < -0.3 is 0 Å². The molecule has 7 nitrogen and oxygen atoms in total. The Bertz CT molecular complexity index is 1030. The highest BCUT2D eigenvalue weighted by molar-refractivity contribution is 6.07. The van der Waals surface area contributed by atoms with Crippen LogP contribution in [0.25, 0.3) is 0 Å². The molecule has 0 radical (unpaired) electrons. The Morgan fingerprint density at radius 1 is 0.618 bits per heavy atom. The lowest BCUT2D eigenvalue weighted by Crippen LogP contribution is -2.48. The first-order valence-corrected chi connectivity index (χ1v) is 12.3. The first-order chi connectivity index (χ1) is 16.5. The second kappa shape index (κ2) is 7.22. The maximum absolute atomic E-state index is 13.3. The molecule has 2 saturated carbocycles. The van der Waals surface area contributed by atoms with Gasteiger partial charge in [0.05, 0.1) is 37.0 Å². The molecule has 0 unspecified atom stereocenters. The average molecular weight is 458 g/mol. The Hall–Kier alpha value is -3.06. The van der Waals surface area contributed by atoms with Gasteiger partial charge in [-0.05, 0) is 42.1 Å². The van der Waals surface area contributed by atoms with Gasteiger partial charge in [0.25, 0.3) is 0 Å². The van der Waals surface area contributed by atoms with Gasteiger partial charge in [0.1, 0.15) is 0 Å². The number of fused-ring (bicyclic) bond motifs is 10. The quantitative estimate of drug-likeness (QED) is 0.483. The van der Waals surface area contributed by atoms with Crippen LogP contribution in [-0.2, 0) is 25.7 Å². The Kier molecular flexibility index (Phi) is 4.31. The van der Waals surface area contributed by atoms with Gasteiger partial charge >= 0.3 is 0 Å². The standard InChI is InChI=1S/C27H27N3O4/c31-24-20-16-6-7-17(10-16)21(20)25(32)29(24)13-28(12-15-4-2-1-3-5-15)14-30-26(33)22-18-8-9-19(11-18)23(22)27(30)34/h1-9,16-23H,10-14H2/t16-,17-,18-,19+,20-,21+,22-,23-/m0/s1. The molecule has 6 aliphatic rings. The van der Waals surface area contributed by atoms with Crippen molar-refractivity contribution in [2.24, 2.45) is 47.3 Å². The summed E-state index contributed by atoms with van der Waals surface area (Å²) >= 11 is 0. The van der Waals surface area contributed by atoms with Crippen LogP contribution in [0.4, 0.5) is 0 Å². The Balaban J connectivity index is 1.14. The summed E-state index contributed by atoms with van der Waals surface area (Å²) in [7, 11) is 0. The molecule has 4 fully saturated rings. The summed E-state index contributed by atoms with van der Waals surface area (Å²) in [6.45, 7) is 0.628. The number of amides is 4. The molecule has 4 bridgehead atoms. The van der Waals surface area contributed by atoms with Gasteiger partial charge in [-0.15, -0.1) is 0 Å². The van der Waals surface area contributed by atoms with E-state index in [1.165, 1.54) is 9.80 Å². The molecule has 174 valence electrons. The van der Waals surface area contributed by atoms with E-state index in [0.717, 1.165) is 18.4 Å². The molecule has 4 aliphatic carbocycles. The molecular formula is C27H27N3O4. The predicted octanol–water partition coefficient (Wildman–Crippen LogP) is 2.02. The van der Waals surface area contributed by atoms with Crippen LogP contribution in [0.3, 0.4) is 0 Å². The monoisotopic (exact) mass is 457 g/mol. The van der Waals surface area contributed by atoms with Crippen molar-refractivity contribution in [3.63, 3.8) is 0 Å².